The molecular formula is C19H17F3N2O3S2. The number of aryl methyl sites for hydroxylation is 1. The number of hydrogen-bond acceptors (Lipinski definition) is 5. The van der Waals surface area contributed by atoms with Crippen molar-refractivity contribution in [1.29, 1.82) is 0 Å². The highest BCUT2D eigenvalue weighted by molar-refractivity contribution is 7.89. The third-order valence-electron chi connectivity index (χ3n) is 4.21. The largest absolute Gasteiger partial charge is 0.480 e. The first-order valence-electron chi connectivity index (χ1n) is 8.38. The number of rotatable bonds is 6. The van der Waals surface area contributed by atoms with E-state index in [1.165, 1.54) is 25.3 Å². The summed E-state index contributed by atoms with van der Waals surface area (Å²) in [7, 11) is -2.28. The minimum Gasteiger partial charge on any atom is -0.480 e. The lowest BCUT2D eigenvalue weighted by Gasteiger charge is -2.12. The van der Waals surface area contributed by atoms with Crippen LogP contribution in [0, 0.1) is 6.92 Å². The Kier molecular flexibility index (Phi) is 5.97. The summed E-state index contributed by atoms with van der Waals surface area (Å²) in [6, 6.07) is 11.1. The molecule has 0 unspecified atom stereocenters. The Bertz CT molecular complexity index is 1110. The average molecular weight is 442 g/mol. The Hall–Kier alpha value is -2.43. The van der Waals surface area contributed by atoms with Gasteiger partial charge in [0.25, 0.3) is 0 Å². The fourth-order valence-corrected chi connectivity index (χ4v) is 4.42. The van der Waals surface area contributed by atoms with Crippen LogP contribution in [0.4, 0.5) is 13.2 Å². The van der Waals surface area contributed by atoms with Crippen LogP contribution in [0.1, 0.15) is 16.0 Å². The van der Waals surface area contributed by atoms with Crippen molar-refractivity contribution >= 4 is 21.6 Å². The van der Waals surface area contributed by atoms with E-state index in [0.29, 0.717) is 27.4 Å². The van der Waals surface area contributed by atoms with E-state index in [-0.39, 0.29) is 11.4 Å². The van der Waals surface area contributed by atoms with E-state index in [0.717, 1.165) is 23.7 Å². The van der Waals surface area contributed by atoms with Gasteiger partial charge in [-0.2, -0.15) is 17.5 Å². The van der Waals surface area contributed by atoms with Gasteiger partial charge in [0.2, 0.25) is 15.9 Å². The van der Waals surface area contributed by atoms with Gasteiger partial charge in [-0.15, -0.1) is 0 Å². The Morgan fingerprint density at radius 1 is 1.10 bits per heavy atom. The fourth-order valence-electron chi connectivity index (χ4n) is 2.70. The SMILES string of the molecule is COc1cc(CNS(=O)(=O)c2ccc(-c3ccc(C(F)(F)F)cc3C)cc2)sn1. The normalized spacial score (nSPS) is 12.2. The van der Waals surface area contributed by atoms with Gasteiger partial charge < -0.3 is 4.74 Å². The minimum absolute atomic E-state index is 0.0577. The van der Waals surface area contributed by atoms with Gasteiger partial charge in [-0.1, -0.05) is 18.2 Å². The van der Waals surface area contributed by atoms with Gasteiger partial charge in [-0.25, -0.2) is 13.1 Å². The molecule has 1 N–H and O–H groups in total. The molecule has 2 aromatic carbocycles. The molecule has 0 atom stereocenters. The second-order valence-electron chi connectivity index (χ2n) is 6.21. The molecule has 0 radical (unpaired) electrons. The van der Waals surface area contributed by atoms with E-state index >= 15 is 0 Å². The lowest BCUT2D eigenvalue weighted by Crippen LogP contribution is -2.22. The average Bonchev–Trinajstić information content (AvgIpc) is 3.14. The van der Waals surface area contributed by atoms with E-state index in [1.54, 1.807) is 25.1 Å². The number of halogens is 3. The van der Waals surface area contributed by atoms with Gasteiger partial charge in [0.05, 0.1) is 17.6 Å². The number of nitrogens with one attached hydrogen (secondary N) is 1. The number of nitrogens with zero attached hydrogens (tertiary/aromatic N) is 1. The molecule has 3 aromatic rings. The maximum Gasteiger partial charge on any atom is 0.416 e. The van der Waals surface area contributed by atoms with Gasteiger partial charge in [0.15, 0.2) is 0 Å². The highest BCUT2D eigenvalue weighted by Gasteiger charge is 2.30. The first-order valence-corrected chi connectivity index (χ1v) is 10.6. The molecule has 0 bridgehead atoms. The van der Waals surface area contributed by atoms with Crippen LogP contribution >= 0.6 is 11.5 Å². The zero-order chi connectivity index (χ0) is 21.2. The standard InChI is InChI=1S/C19H17F3N2O3S2/c1-12-9-14(19(20,21)22)5-8-17(12)13-3-6-16(7-4-13)29(25,26)23-11-15-10-18(27-2)24-28-15/h3-10,23H,11H2,1-2H3. The third kappa shape index (κ3) is 4.95. The first kappa shape index (κ1) is 21.3. The van der Waals surface area contributed by atoms with Crippen molar-refractivity contribution < 1.29 is 26.3 Å². The summed E-state index contributed by atoms with van der Waals surface area (Å²) in [4.78, 5) is 0.754. The maximum absolute atomic E-state index is 12.8. The third-order valence-corrected chi connectivity index (χ3v) is 6.40. The zero-order valence-corrected chi connectivity index (χ0v) is 17.1. The quantitative estimate of drug-likeness (QED) is 0.605. The van der Waals surface area contributed by atoms with Crippen LogP contribution in [0.5, 0.6) is 5.88 Å². The second-order valence-corrected chi connectivity index (χ2v) is 8.87. The highest BCUT2D eigenvalue weighted by Crippen LogP contribution is 2.33. The van der Waals surface area contributed by atoms with Gasteiger partial charge in [-0.05, 0) is 59.4 Å². The molecule has 1 aromatic heterocycles. The number of sulfonamides is 1. The van der Waals surface area contributed by atoms with Crippen molar-refractivity contribution in [2.45, 2.75) is 24.5 Å². The molecule has 0 spiro atoms. The predicted octanol–water partition coefficient (Wildman–Crippen LogP) is 4.62. The smallest absolute Gasteiger partial charge is 0.416 e. The van der Waals surface area contributed by atoms with Crippen molar-refractivity contribution in [2.75, 3.05) is 7.11 Å². The lowest BCUT2D eigenvalue weighted by molar-refractivity contribution is -0.137. The van der Waals surface area contributed by atoms with Gasteiger partial charge in [0.1, 0.15) is 0 Å². The number of alkyl halides is 3. The van der Waals surface area contributed by atoms with E-state index in [4.69, 9.17) is 4.74 Å². The number of hydrogen-bond donors (Lipinski definition) is 1. The molecule has 1 heterocycles. The van der Waals surface area contributed by atoms with Crippen LogP contribution < -0.4 is 9.46 Å². The Balaban J connectivity index is 1.77. The van der Waals surface area contributed by atoms with Gasteiger partial charge in [0, 0.05) is 17.5 Å². The van der Waals surface area contributed by atoms with Crippen LogP contribution in [0.15, 0.2) is 53.4 Å². The summed E-state index contributed by atoms with van der Waals surface area (Å²) >= 11 is 1.13. The molecule has 0 aliphatic rings. The Morgan fingerprint density at radius 2 is 1.79 bits per heavy atom. The highest BCUT2D eigenvalue weighted by atomic mass is 32.2. The zero-order valence-electron chi connectivity index (χ0n) is 15.4. The molecule has 10 heteroatoms. The monoisotopic (exact) mass is 442 g/mol. The molecule has 154 valence electrons. The Morgan fingerprint density at radius 3 is 2.34 bits per heavy atom. The summed E-state index contributed by atoms with van der Waals surface area (Å²) in [6.45, 7) is 1.66. The van der Waals surface area contributed by atoms with Crippen molar-refractivity contribution in [3.8, 4) is 17.0 Å². The molecule has 0 aliphatic heterocycles. The van der Waals surface area contributed by atoms with Crippen molar-refractivity contribution in [2.24, 2.45) is 0 Å². The summed E-state index contributed by atoms with van der Waals surface area (Å²) in [5.74, 6) is 0.417. The van der Waals surface area contributed by atoms with E-state index in [9.17, 15) is 21.6 Å². The Labute approximate surface area is 170 Å². The topological polar surface area (TPSA) is 68.3 Å². The summed E-state index contributed by atoms with van der Waals surface area (Å²) in [5.41, 5.74) is 0.962. The van der Waals surface area contributed by atoms with E-state index < -0.39 is 21.8 Å². The molecule has 29 heavy (non-hydrogen) atoms. The van der Waals surface area contributed by atoms with E-state index in [2.05, 4.69) is 9.10 Å². The van der Waals surface area contributed by atoms with Crippen molar-refractivity contribution in [3.63, 3.8) is 0 Å². The van der Waals surface area contributed by atoms with Crippen LogP contribution in [-0.2, 0) is 22.7 Å². The van der Waals surface area contributed by atoms with Gasteiger partial charge >= 0.3 is 6.18 Å². The van der Waals surface area contributed by atoms with E-state index in [1.807, 2.05) is 0 Å². The maximum atomic E-state index is 12.8. The van der Waals surface area contributed by atoms with Crippen LogP contribution in [0.25, 0.3) is 11.1 Å². The molecule has 0 aliphatic carbocycles. The summed E-state index contributed by atoms with van der Waals surface area (Å²) in [6.07, 6.45) is -4.41. The first-order chi connectivity index (χ1) is 13.6. The number of ether oxygens (including phenoxy) is 1. The fraction of sp³-hybridized carbons (Fsp3) is 0.211. The van der Waals surface area contributed by atoms with Crippen LogP contribution in [-0.4, -0.2) is 19.9 Å². The van der Waals surface area contributed by atoms with Gasteiger partial charge in [-0.3, -0.25) is 0 Å². The molecule has 5 nitrogen and oxygen atoms in total. The molecule has 0 saturated carbocycles. The molecule has 0 fully saturated rings. The van der Waals surface area contributed by atoms with Crippen molar-refractivity contribution in [3.05, 3.63) is 64.5 Å². The van der Waals surface area contributed by atoms with Crippen LogP contribution in [0.3, 0.4) is 0 Å². The summed E-state index contributed by atoms with van der Waals surface area (Å²) < 4.78 is 74.8. The number of methoxy groups -OCH3 is 1. The molecular weight excluding hydrogens is 425 g/mol. The molecule has 0 amide bonds. The summed E-state index contributed by atoms with van der Waals surface area (Å²) in [5, 5.41) is 0. The molecule has 3 rings (SSSR count). The van der Waals surface area contributed by atoms with Crippen molar-refractivity contribution in [1.82, 2.24) is 9.10 Å². The molecule has 0 saturated heterocycles. The minimum atomic E-state index is -4.41. The second kappa shape index (κ2) is 8.13. The predicted molar refractivity (Wildman–Crippen MR) is 104 cm³/mol. The number of aromatic nitrogens is 1. The lowest BCUT2D eigenvalue weighted by atomic mass is 9.98. The van der Waals surface area contributed by atoms with Crippen LogP contribution in [0.2, 0.25) is 0 Å². The number of benzene rings is 2.